The van der Waals surface area contributed by atoms with Gasteiger partial charge in [-0.3, -0.25) is 9.59 Å². The van der Waals surface area contributed by atoms with E-state index in [-0.39, 0.29) is 17.9 Å². The third-order valence-corrected chi connectivity index (χ3v) is 4.34. The number of carbonyl (C=O) groups excluding carboxylic acids is 2. The Morgan fingerprint density at radius 3 is 2.87 bits per heavy atom. The van der Waals surface area contributed by atoms with Crippen molar-refractivity contribution in [2.75, 3.05) is 24.5 Å². The van der Waals surface area contributed by atoms with Crippen LogP contribution in [0.5, 0.6) is 5.75 Å². The largest absolute Gasteiger partial charge is 0.479 e. The molecule has 2 heterocycles. The summed E-state index contributed by atoms with van der Waals surface area (Å²) in [6.07, 6.45) is 1.71. The van der Waals surface area contributed by atoms with Crippen molar-refractivity contribution in [3.63, 3.8) is 0 Å². The third-order valence-electron chi connectivity index (χ3n) is 4.34. The fourth-order valence-electron chi connectivity index (χ4n) is 3.07. The second kappa shape index (κ2) is 7.00. The Labute approximate surface area is 136 Å². The Hall–Kier alpha value is -2.08. The van der Waals surface area contributed by atoms with Crippen LogP contribution in [-0.4, -0.2) is 43.6 Å². The Kier molecular flexibility index (Phi) is 4.81. The summed E-state index contributed by atoms with van der Waals surface area (Å²) in [5, 5.41) is 6.34. The molecule has 6 heteroatoms. The maximum absolute atomic E-state index is 12.4. The van der Waals surface area contributed by atoms with E-state index in [1.54, 1.807) is 11.8 Å². The monoisotopic (exact) mass is 317 g/mol. The number of amides is 2. The van der Waals surface area contributed by atoms with E-state index in [1.165, 1.54) is 0 Å². The maximum atomic E-state index is 12.4. The molecule has 23 heavy (non-hydrogen) atoms. The van der Waals surface area contributed by atoms with Gasteiger partial charge in [-0.2, -0.15) is 0 Å². The number of para-hydroxylation sites is 2. The SMILES string of the molecule is CC1Oc2ccccc2N(CCC(=O)NC2CCNCC2)C1=O. The molecule has 0 radical (unpaired) electrons. The molecule has 0 spiro atoms. The third kappa shape index (κ3) is 3.64. The van der Waals surface area contributed by atoms with Crippen molar-refractivity contribution in [3.05, 3.63) is 24.3 Å². The zero-order valence-corrected chi connectivity index (χ0v) is 13.4. The van der Waals surface area contributed by atoms with Crippen molar-refractivity contribution in [2.45, 2.75) is 38.3 Å². The summed E-state index contributed by atoms with van der Waals surface area (Å²) in [7, 11) is 0. The van der Waals surface area contributed by atoms with Crippen molar-refractivity contribution < 1.29 is 14.3 Å². The lowest BCUT2D eigenvalue weighted by atomic mass is 10.1. The van der Waals surface area contributed by atoms with Gasteiger partial charge in [-0.05, 0) is 45.0 Å². The Morgan fingerprint density at radius 2 is 2.09 bits per heavy atom. The molecule has 2 amide bonds. The number of carbonyl (C=O) groups is 2. The lowest BCUT2D eigenvalue weighted by Crippen LogP contribution is -2.47. The van der Waals surface area contributed by atoms with Gasteiger partial charge < -0.3 is 20.3 Å². The van der Waals surface area contributed by atoms with Gasteiger partial charge in [0.15, 0.2) is 6.10 Å². The minimum atomic E-state index is -0.516. The Morgan fingerprint density at radius 1 is 1.35 bits per heavy atom. The molecule has 0 saturated carbocycles. The molecule has 1 saturated heterocycles. The lowest BCUT2D eigenvalue weighted by molar-refractivity contribution is -0.125. The number of hydrogen-bond acceptors (Lipinski definition) is 4. The van der Waals surface area contributed by atoms with E-state index < -0.39 is 6.10 Å². The number of ether oxygens (including phenoxy) is 1. The first-order chi connectivity index (χ1) is 11.1. The van der Waals surface area contributed by atoms with Crippen molar-refractivity contribution in [2.24, 2.45) is 0 Å². The molecule has 2 N–H and O–H groups in total. The van der Waals surface area contributed by atoms with E-state index in [1.807, 2.05) is 24.3 Å². The normalized spacial score (nSPS) is 21.5. The molecule has 1 atom stereocenters. The molecular formula is C17H23N3O3. The van der Waals surface area contributed by atoms with Crippen molar-refractivity contribution in [1.29, 1.82) is 0 Å². The minimum Gasteiger partial charge on any atom is -0.479 e. The van der Waals surface area contributed by atoms with Crippen LogP contribution in [0.1, 0.15) is 26.2 Å². The smallest absolute Gasteiger partial charge is 0.267 e. The highest BCUT2D eigenvalue weighted by molar-refractivity contribution is 6.00. The summed E-state index contributed by atoms with van der Waals surface area (Å²) in [5.74, 6) is 0.595. The zero-order valence-electron chi connectivity index (χ0n) is 13.4. The first kappa shape index (κ1) is 15.8. The molecule has 1 aromatic carbocycles. The van der Waals surface area contributed by atoms with Crippen LogP contribution < -0.4 is 20.3 Å². The first-order valence-corrected chi connectivity index (χ1v) is 8.22. The van der Waals surface area contributed by atoms with Gasteiger partial charge in [0.25, 0.3) is 5.91 Å². The summed E-state index contributed by atoms with van der Waals surface area (Å²) in [6.45, 7) is 4.00. The highest BCUT2D eigenvalue weighted by atomic mass is 16.5. The number of benzene rings is 1. The molecule has 1 aromatic rings. The summed E-state index contributed by atoms with van der Waals surface area (Å²) >= 11 is 0. The highest BCUT2D eigenvalue weighted by Gasteiger charge is 2.31. The average molecular weight is 317 g/mol. The predicted molar refractivity (Wildman–Crippen MR) is 87.5 cm³/mol. The second-order valence-electron chi connectivity index (χ2n) is 6.06. The van der Waals surface area contributed by atoms with Crippen LogP contribution >= 0.6 is 0 Å². The average Bonchev–Trinajstić information content (AvgIpc) is 2.56. The number of hydrogen-bond donors (Lipinski definition) is 2. The Bertz CT molecular complexity index is 584. The van der Waals surface area contributed by atoms with Crippen LogP contribution in [0.15, 0.2) is 24.3 Å². The summed E-state index contributed by atoms with van der Waals surface area (Å²) in [5.41, 5.74) is 0.741. The van der Waals surface area contributed by atoms with Gasteiger partial charge in [0.05, 0.1) is 5.69 Å². The quantitative estimate of drug-likeness (QED) is 0.871. The van der Waals surface area contributed by atoms with Gasteiger partial charge in [0.2, 0.25) is 5.91 Å². The van der Waals surface area contributed by atoms with Crippen molar-refractivity contribution in [3.8, 4) is 5.75 Å². The molecule has 1 unspecified atom stereocenters. The molecule has 124 valence electrons. The van der Waals surface area contributed by atoms with E-state index >= 15 is 0 Å². The van der Waals surface area contributed by atoms with Crippen LogP contribution in [0.3, 0.4) is 0 Å². The van der Waals surface area contributed by atoms with Crippen molar-refractivity contribution in [1.82, 2.24) is 10.6 Å². The molecule has 2 aliphatic rings. The molecular weight excluding hydrogens is 294 g/mol. The van der Waals surface area contributed by atoms with Gasteiger partial charge in [0, 0.05) is 19.0 Å². The number of rotatable bonds is 4. The summed E-state index contributed by atoms with van der Waals surface area (Å²) in [4.78, 5) is 26.2. The van der Waals surface area contributed by atoms with Gasteiger partial charge in [-0.25, -0.2) is 0 Å². The maximum Gasteiger partial charge on any atom is 0.267 e. The van der Waals surface area contributed by atoms with Gasteiger partial charge in [0.1, 0.15) is 5.75 Å². The number of anilines is 1. The minimum absolute atomic E-state index is 0.00123. The van der Waals surface area contributed by atoms with Crippen LogP contribution in [-0.2, 0) is 9.59 Å². The molecule has 0 aromatic heterocycles. The second-order valence-corrected chi connectivity index (χ2v) is 6.06. The standard InChI is InChI=1S/C17H23N3O3/c1-12-17(22)20(14-4-2-3-5-15(14)23-12)11-8-16(21)19-13-6-9-18-10-7-13/h2-5,12-13,18H,6-11H2,1H3,(H,19,21). The first-order valence-electron chi connectivity index (χ1n) is 8.22. The molecule has 1 fully saturated rings. The van der Waals surface area contributed by atoms with Crippen LogP contribution in [0.4, 0.5) is 5.69 Å². The topological polar surface area (TPSA) is 70.7 Å². The predicted octanol–water partition coefficient (Wildman–Crippen LogP) is 1.06. The van der Waals surface area contributed by atoms with Gasteiger partial charge in [-0.1, -0.05) is 12.1 Å². The lowest BCUT2D eigenvalue weighted by Gasteiger charge is -2.33. The summed E-state index contributed by atoms with van der Waals surface area (Å²) in [6, 6.07) is 7.69. The number of fused-ring (bicyclic) bond motifs is 1. The number of nitrogens with zero attached hydrogens (tertiary/aromatic N) is 1. The fraction of sp³-hybridized carbons (Fsp3) is 0.529. The van der Waals surface area contributed by atoms with Crippen molar-refractivity contribution >= 4 is 17.5 Å². The van der Waals surface area contributed by atoms with E-state index in [9.17, 15) is 9.59 Å². The molecule has 2 aliphatic heterocycles. The van der Waals surface area contributed by atoms with Gasteiger partial charge in [-0.15, -0.1) is 0 Å². The Balaban J connectivity index is 1.60. The van der Waals surface area contributed by atoms with Gasteiger partial charge >= 0.3 is 0 Å². The van der Waals surface area contributed by atoms with Crippen LogP contribution in [0.2, 0.25) is 0 Å². The van der Waals surface area contributed by atoms with E-state index in [0.717, 1.165) is 31.6 Å². The van der Waals surface area contributed by atoms with E-state index in [2.05, 4.69) is 10.6 Å². The molecule has 0 aliphatic carbocycles. The molecule has 3 rings (SSSR count). The highest BCUT2D eigenvalue weighted by Crippen LogP contribution is 2.33. The molecule has 6 nitrogen and oxygen atoms in total. The number of nitrogens with one attached hydrogen (secondary N) is 2. The molecule has 0 bridgehead atoms. The fourth-order valence-corrected chi connectivity index (χ4v) is 3.07. The summed E-state index contributed by atoms with van der Waals surface area (Å²) < 4.78 is 5.60. The van der Waals surface area contributed by atoms with E-state index in [4.69, 9.17) is 4.74 Å². The number of piperidine rings is 1. The van der Waals surface area contributed by atoms with Crippen LogP contribution in [0.25, 0.3) is 0 Å². The van der Waals surface area contributed by atoms with Crippen LogP contribution in [0, 0.1) is 0 Å². The van der Waals surface area contributed by atoms with E-state index in [0.29, 0.717) is 18.7 Å². The zero-order chi connectivity index (χ0) is 16.2.